The van der Waals surface area contributed by atoms with Crippen molar-refractivity contribution in [1.29, 1.82) is 0 Å². The molecule has 0 aromatic heterocycles. The van der Waals surface area contributed by atoms with Gasteiger partial charge in [-0.15, -0.1) is 0 Å². The molecule has 34 heavy (non-hydrogen) atoms. The van der Waals surface area contributed by atoms with Gasteiger partial charge in [-0.1, -0.05) is 42.0 Å². The summed E-state index contributed by atoms with van der Waals surface area (Å²) >= 11 is 0. The third-order valence-electron chi connectivity index (χ3n) is 5.88. The van der Waals surface area contributed by atoms with Gasteiger partial charge in [0.25, 0.3) is 5.91 Å². The summed E-state index contributed by atoms with van der Waals surface area (Å²) in [6.07, 6.45) is 2.21. The second kappa shape index (κ2) is 10.7. The summed E-state index contributed by atoms with van der Waals surface area (Å²) in [6.45, 7) is 4.30. The van der Waals surface area contributed by atoms with Crippen LogP contribution in [0.25, 0.3) is 0 Å². The lowest BCUT2D eigenvalue weighted by molar-refractivity contribution is 0.0951. The number of hydrogen-bond acceptors (Lipinski definition) is 4. The van der Waals surface area contributed by atoms with Crippen LogP contribution in [0.5, 0.6) is 5.75 Å². The van der Waals surface area contributed by atoms with E-state index in [-0.39, 0.29) is 5.91 Å². The second-order valence-corrected chi connectivity index (χ2v) is 8.37. The van der Waals surface area contributed by atoms with E-state index in [1.54, 1.807) is 31.4 Å². The van der Waals surface area contributed by atoms with Crippen molar-refractivity contribution in [2.75, 3.05) is 35.7 Å². The molecule has 1 aliphatic heterocycles. The molecule has 4 rings (SSSR count). The molecular formula is C27H30N4O3. The Morgan fingerprint density at radius 3 is 2.35 bits per heavy atom. The number of amides is 3. The van der Waals surface area contributed by atoms with E-state index in [0.717, 1.165) is 37.2 Å². The van der Waals surface area contributed by atoms with Crippen LogP contribution in [0, 0.1) is 6.92 Å². The van der Waals surface area contributed by atoms with E-state index in [2.05, 4.69) is 20.9 Å². The normalized spacial score (nSPS) is 12.8. The zero-order valence-corrected chi connectivity index (χ0v) is 19.6. The predicted molar refractivity (Wildman–Crippen MR) is 136 cm³/mol. The Morgan fingerprint density at radius 2 is 1.62 bits per heavy atom. The number of urea groups is 1. The number of anilines is 3. The molecule has 0 radical (unpaired) electrons. The van der Waals surface area contributed by atoms with Crippen molar-refractivity contribution >= 4 is 29.0 Å². The Bertz CT molecular complexity index is 1150. The minimum atomic E-state index is -0.401. The van der Waals surface area contributed by atoms with E-state index < -0.39 is 6.03 Å². The molecule has 7 nitrogen and oxygen atoms in total. The number of nitrogens with one attached hydrogen (secondary N) is 3. The number of ether oxygens (including phenoxy) is 1. The van der Waals surface area contributed by atoms with Gasteiger partial charge in [-0.05, 0) is 55.7 Å². The summed E-state index contributed by atoms with van der Waals surface area (Å²) in [7, 11) is 1.56. The number of benzene rings is 3. The van der Waals surface area contributed by atoms with Gasteiger partial charge in [0.2, 0.25) is 0 Å². The smallest absolute Gasteiger partial charge is 0.323 e. The summed E-state index contributed by atoms with van der Waals surface area (Å²) in [5, 5.41) is 8.73. The van der Waals surface area contributed by atoms with Crippen molar-refractivity contribution in [3.63, 3.8) is 0 Å². The first-order chi connectivity index (χ1) is 16.5. The van der Waals surface area contributed by atoms with Crippen LogP contribution in [0.1, 0.15) is 34.3 Å². The molecule has 7 heteroatoms. The molecule has 3 aromatic rings. The van der Waals surface area contributed by atoms with Crippen LogP contribution >= 0.6 is 0 Å². The SMILES string of the molecule is COc1ccccc1NC(=O)Nc1cc(C(=O)NCc2ccc(C)cc2)ccc1N1CCCC1. The Kier molecular flexibility index (Phi) is 7.32. The van der Waals surface area contributed by atoms with Crippen molar-refractivity contribution in [2.24, 2.45) is 0 Å². The Labute approximate surface area is 200 Å². The van der Waals surface area contributed by atoms with Crippen molar-refractivity contribution in [2.45, 2.75) is 26.3 Å². The van der Waals surface area contributed by atoms with Gasteiger partial charge in [0.15, 0.2) is 0 Å². The lowest BCUT2D eigenvalue weighted by Gasteiger charge is -2.22. The van der Waals surface area contributed by atoms with Crippen molar-refractivity contribution in [3.8, 4) is 5.75 Å². The van der Waals surface area contributed by atoms with E-state index in [1.807, 2.05) is 49.4 Å². The van der Waals surface area contributed by atoms with Crippen LogP contribution in [0.4, 0.5) is 21.9 Å². The van der Waals surface area contributed by atoms with E-state index >= 15 is 0 Å². The summed E-state index contributed by atoms with van der Waals surface area (Å²) in [5.74, 6) is 0.378. The van der Waals surface area contributed by atoms with Gasteiger partial charge >= 0.3 is 6.03 Å². The van der Waals surface area contributed by atoms with E-state index in [0.29, 0.717) is 29.2 Å². The number of carbonyl (C=O) groups is 2. The van der Waals surface area contributed by atoms with Gasteiger partial charge in [-0.2, -0.15) is 0 Å². The minimum Gasteiger partial charge on any atom is -0.495 e. The highest BCUT2D eigenvalue weighted by Crippen LogP contribution is 2.31. The third-order valence-corrected chi connectivity index (χ3v) is 5.88. The summed E-state index contributed by atoms with van der Waals surface area (Å²) in [6, 6.07) is 20.3. The molecule has 1 saturated heterocycles. The van der Waals surface area contributed by atoms with E-state index in [1.165, 1.54) is 5.56 Å². The lowest BCUT2D eigenvalue weighted by Crippen LogP contribution is -2.26. The quantitative estimate of drug-likeness (QED) is 0.456. The molecule has 0 bridgehead atoms. The highest BCUT2D eigenvalue weighted by molar-refractivity contribution is 6.04. The van der Waals surface area contributed by atoms with Crippen LogP contribution in [0.15, 0.2) is 66.7 Å². The van der Waals surface area contributed by atoms with Crippen molar-refractivity contribution in [1.82, 2.24) is 5.32 Å². The molecule has 0 saturated carbocycles. The average molecular weight is 459 g/mol. The highest BCUT2D eigenvalue weighted by atomic mass is 16.5. The molecule has 176 valence electrons. The molecule has 0 atom stereocenters. The van der Waals surface area contributed by atoms with Crippen LogP contribution in [-0.2, 0) is 6.54 Å². The first-order valence-electron chi connectivity index (χ1n) is 11.5. The Hall–Kier alpha value is -4.00. The number of carbonyl (C=O) groups excluding carboxylic acids is 2. The van der Waals surface area contributed by atoms with Gasteiger partial charge in [0.05, 0.1) is 24.2 Å². The summed E-state index contributed by atoms with van der Waals surface area (Å²) < 4.78 is 5.32. The first kappa shape index (κ1) is 23.2. The molecule has 1 heterocycles. The zero-order valence-electron chi connectivity index (χ0n) is 19.6. The van der Waals surface area contributed by atoms with Crippen molar-refractivity contribution < 1.29 is 14.3 Å². The fraction of sp³-hybridized carbons (Fsp3) is 0.259. The number of hydrogen-bond donors (Lipinski definition) is 3. The van der Waals surface area contributed by atoms with Gasteiger partial charge in [-0.25, -0.2) is 4.79 Å². The molecule has 0 aliphatic carbocycles. The maximum absolute atomic E-state index is 12.9. The standard InChI is InChI=1S/C27H30N4O3/c1-19-9-11-20(12-10-19)18-28-26(32)21-13-14-24(31-15-5-6-16-31)23(17-21)30-27(33)29-22-7-3-4-8-25(22)34-2/h3-4,7-14,17H,5-6,15-16,18H2,1-2H3,(H,28,32)(H2,29,30,33). The molecule has 0 unspecified atom stereocenters. The third kappa shape index (κ3) is 5.67. The van der Waals surface area contributed by atoms with Crippen LogP contribution in [0.2, 0.25) is 0 Å². The van der Waals surface area contributed by atoms with Gasteiger partial charge in [0.1, 0.15) is 5.75 Å². The van der Waals surface area contributed by atoms with Crippen LogP contribution < -0.4 is 25.6 Å². The highest BCUT2D eigenvalue weighted by Gasteiger charge is 2.19. The Balaban J connectivity index is 1.51. The van der Waals surface area contributed by atoms with E-state index in [9.17, 15) is 9.59 Å². The fourth-order valence-electron chi connectivity index (χ4n) is 4.03. The molecular weight excluding hydrogens is 428 g/mol. The van der Waals surface area contributed by atoms with Crippen molar-refractivity contribution in [3.05, 3.63) is 83.4 Å². The summed E-state index contributed by atoms with van der Waals surface area (Å²) in [5.41, 5.74) is 4.76. The molecule has 3 N–H and O–H groups in total. The fourth-order valence-corrected chi connectivity index (χ4v) is 4.03. The number of para-hydroxylation sites is 2. The number of nitrogens with zero attached hydrogens (tertiary/aromatic N) is 1. The van der Waals surface area contributed by atoms with Gasteiger partial charge < -0.3 is 25.6 Å². The maximum atomic E-state index is 12.9. The second-order valence-electron chi connectivity index (χ2n) is 8.37. The number of methoxy groups -OCH3 is 1. The predicted octanol–water partition coefficient (Wildman–Crippen LogP) is 5.18. The molecule has 3 amide bonds. The molecule has 0 spiro atoms. The van der Waals surface area contributed by atoms with Gasteiger partial charge in [0, 0.05) is 25.2 Å². The average Bonchev–Trinajstić information content (AvgIpc) is 3.38. The van der Waals surface area contributed by atoms with Crippen LogP contribution in [-0.4, -0.2) is 32.1 Å². The topological polar surface area (TPSA) is 82.7 Å². The molecule has 1 aliphatic rings. The Morgan fingerprint density at radius 1 is 0.912 bits per heavy atom. The first-order valence-corrected chi connectivity index (χ1v) is 11.5. The van der Waals surface area contributed by atoms with Gasteiger partial charge in [-0.3, -0.25) is 4.79 Å². The van der Waals surface area contributed by atoms with E-state index in [4.69, 9.17) is 4.74 Å². The molecule has 1 fully saturated rings. The minimum absolute atomic E-state index is 0.193. The summed E-state index contributed by atoms with van der Waals surface area (Å²) in [4.78, 5) is 27.9. The monoisotopic (exact) mass is 458 g/mol. The zero-order chi connectivity index (χ0) is 23.9. The number of aryl methyl sites for hydroxylation is 1. The van der Waals surface area contributed by atoms with Crippen LogP contribution in [0.3, 0.4) is 0 Å². The maximum Gasteiger partial charge on any atom is 0.323 e. The largest absolute Gasteiger partial charge is 0.495 e. The molecule has 3 aromatic carbocycles. The number of rotatable bonds is 7. The lowest BCUT2D eigenvalue weighted by atomic mass is 10.1.